The maximum absolute atomic E-state index is 6.13. The molecule has 1 aromatic heterocycles. The molecule has 0 atom stereocenters. The van der Waals surface area contributed by atoms with Gasteiger partial charge in [0.05, 0.1) is 6.54 Å². The largest absolute Gasteiger partial charge is 0.440 e. The molecule has 0 fully saturated rings. The highest BCUT2D eigenvalue weighted by atomic mass is 16.3. The highest BCUT2D eigenvalue weighted by molar-refractivity contribution is 6.09. The SMILES string of the molecule is C1=C(N(c2ccc(-c3ccccc3)cc2)c2ccc3ccc4ccccc4c3c2)CNc2oc3ccccc3c21. The molecular weight excluding hydrogens is 488 g/mol. The molecule has 1 aliphatic rings. The smallest absolute Gasteiger partial charge is 0.201 e. The molecule has 0 aliphatic carbocycles. The van der Waals surface area contributed by atoms with Crippen LogP contribution >= 0.6 is 0 Å². The molecule has 0 saturated heterocycles. The van der Waals surface area contributed by atoms with Crippen LogP contribution in [-0.2, 0) is 0 Å². The topological polar surface area (TPSA) is 28.4 Å². The molecule has 6 aromatic carbocycles. The number of furan rings is 1. The third-order valence-electron chi connectivity index (χ3n) is 7.88. The van der Waals surface area contributed by atoms with Gasteiger partial charge in [-0.1, -0.05) is 103 Å². The molecule has 7 aromatic rings. The molecule has 0 saturated carbocycles. The van der Waals surface area contributed by atoms with Crippen LogP contribution in [0, 0.1) is 0 Å². The lowest BCUT2D eigenvalue weighted by Crippen LogP contribution is -2.24. The van der Waals surface area contributed by atoms with E-state index >= 15 is 0 Å². The summed E-state index contributed by atoms with van der Waals surface area (Å²) in [6, 6.07) is 47.4. The number of fused-ring (bicyclic) bond motifs is 6. The van der Waals surface area contributed by atoms with Gasteiger partial charge in [-0.25, -0.2) is 0 Å². The zero-order chi connectivity index (χ0) is 26.5. The van der Waals surface area contributed by atoms with Crippen LogP contribution in [0.4, 0.5) is 17.3 Å². The van der Waals surface area contributed by atoms with Crippen LogP contribution in [0.1, 0.15) is 5.56 Å². The predicted molar refractivity (Wildman–Crippen MR) is 168 cm³/mol. The second-order valence-electron chi connectivity index (χ2n) is 10.3. The fraction of sp³-hybridized carbons (Fsp3) is 0.0270. The van der Waals surface area contributed by atoms with Gasteiger partial charge in [-0.3, -0.25) is 0 Å². The molecule has 0 amide bonds. The predicted octanol–water partition coefficient (Wildman–Crippen LogP) is 10.0. The van der Waals surface area contributed by atoms with Crippen molar-refractivity contribution in [3.05, 3.63) is 145 Å². The van der Waals surface area contributed by atoms with Crippen molar-refractivity contribution in [1.82, 2.24) is 0 Å². The van der Waals surface area contributed by atoms with Gasteiger partial charge < -0.3 is 14.6 Å². The highest BCUT2D eigenvalue weighted by Gasteiger charge is 2.23. The van der Waals surface area contributed by atoms with Crippen LogP contribution < -0.4 is 10.2 Å². The highest BCUT2D eigenvalue weighted by Crippen LogP contribution is 2.40. The van der Waals surface area contributed by atoms with Crippen molar-refractivity contribution in [3.8, 4) is 11.1 Å². The lowest BCUT2D eigenvalue weighted by Gasteiger charge is -2.30. The van der Waals surface area contributed by atoms with E-state index in [0.717, 1.165) is 39.5 Å². The fourth-order valence-corrected chi connectivity index (χ4v) is 5.92. The van der Waals surface area contributed by atoms with Crippen molar-refractivity contribution in [2.45, 2.75) is 0 Å². The van der Waals surface area contributed by atoms with Gasteiger partial charge in [0.2, 0.25) is 5.88 Å². The number of rotatable bonds is 4. The first-order chi connectivity index (χ1) is 19.8. The number of para-hydroxylation sites is 1. The average molecular weight is 515 g/mol. The first-order valence-corrected chi connectivity index (χ1v) is 13.6. The number of anilines is 3. The van der Waals surface area contributed by atoms with Crippen molar-refractivity contribution < 1.29 is 4.42 Å². The van der Waals surface area contributed by atoms with Crippen LogP contribution in [0.25, 0.3) is 49.7 Å². The number of hydrogen-bond donors (Lipinski definition) is 1. The summed E-state index contributed by atoms with van der Waals surface area (Å²) in [5.41, 5.74) is 7.80. The molecule has 0 bridgehead atoms. The molecule has 190 valence electrons. The summed E-state index contributed by atoms with van der Waals surface area (Å²) in [5, 5.41) is 9.67. The molecule has 0 unspecified atom stereocenters. The average Bonchev–Trinajstić information content (AvgIpc) is 3.40. The molecule has 3 nitrogen and oxygen atoms in total. The second-order valence-corrected chi connectivity index (χ2v) is 10.3. The third-order valence-corrected chi connectivity index (χ3v) is 7.88. The van der Waals surface area contributed by atoms with E-state index in [1.54, 1.807) is 0 Å². The zero-order valence-corrected chi connectivity index (χ0v) is 21.8. The number of nitrogens with one attached hydrogen (secondary N) is 1. The van der Waals surface area contributed by atoms with E-state index in [2.05, 4.69) is 138 Å². The molecule has 0 radical (unpaired) electrons. The molecule has 3 heteroatoms. The summed E-state index contributed by atoms with van der Waals surface area (Å²) in [5.74, 6) is 0.828. The molecule has 0 spiro atoms. The molecule has 40 heavy (non-hydrogen) atoms. The Labute approximate surface area is 232 Å². The Bertz CT molecular complexity index is 2050. The standard InChI is InChI=1S/C37H26N2O/c1-2-8-25(9-3-1)26-16-19-29(20-17-26)39(31-23-35-33-12-6-7-13-36(33)40-37(35)38-24-31)30-21-18-28-15-14-27-10-4-5-11-32(27)34(28)22-30/h1-23,38H,24H2. The van der Waals surface area contributed by atoms with Crippen molar-refractivity contribution in [2.75, 3.05) is 16.8 Å². The summed E-state index contributed by atoms with van der Waals surface area (Å²) < 4.78 is 6.13. The summed E-state index contributed by atoms with van der Waals surface area (Å²) >= 11 is 0. The van der Waals surface area contributed by atoms with E-state index in [4.69, 9.17) is 4.42 Å². The lowest BCUT2D eigenvalue weighted by molar-refractivity contribution is 0.626. The van der Waals surface area contributed by atoms with Gasteiger partial charge in [0.25, 0.3) is 0 Å². The van der Waals surface area contributed by atoms with Gasteiger partial charge in [0.1, 0.15) is 5.58 Å². The monoisotopic (exact) mass is 514 g/mol. The van der Waals surface area contributed by atoms with Crippen LogP contribution in [-0.4, -0.2) is 6.54 Å². The van der Waals surface area contributed by atoms with Crippen LogP contribution in [0.15, 0.2) is 144 Å². The van der Waals surface area contributed by atoms with Crippen molar-refractivity contribution in [3.63, 3.8) is 0 Å². The number of benzene rings is 6. The van der Waals surface area contributed by atoms with Gasteiger partial charge in [-0.15, -0.1) is 0 Å². The van der Waals surface area contributed by atoms with E-state index in [9.17, 15) is 0 Å². The van der Waals surface area contributed by atoms with Gasteiger partial charge in [0, 0.05) is 28.0 Å². The van der Waals surface area contributed by atoms with Crippen LogP contribution in [0.5, 0.6) is 0 Å². The molecule has 8 rings (SSSR count). The van der Waals surface area contributed by atoms with E-state index in [-0.39, 0.29) is 0 Å². The van der Waals surface area contributed by atoms with Crippen LogP contribution in [0.2, 0.25) is 0 Å². The second kappa shape index (κ2) is 9.18. The van der Waals surface area contributed by atoms with Crippen molar-refractivity contribution in [1.29, 1.82) is 0 Å². The summed E-state index contributed by atoms with van der Waals surface area (Å²) in [4.78, 5) is 2.37. The first kappa shape index (κ1) is 22.7. The zero-order valence-electron chi connectivity index (χ0n) is 21.8. The first-order valence-electron chi connectivity index (χ1n) is 13.6. The Morgan fingerprint density at radius 2 is 1.20 bits per heavy atom. The Hall–Kier alpha value is -5.28. The third kappa shape index (κ3) is 3.75. The van der Waals surface area contributed by atoms with E-state index < -0.39 is 0 Å². The minimum atomic E-state index is 0.654. The molecular formula is C37H26N2O. The van der Waals surface area contributed by atoms with E-state index in [1.807, 2.05) is 12.1 Å². The quantitative estimate of drug-likeness (QED) is 0.237. The van der Waals surface area contributed by atoms with Crippen molar-refractivity contribution >= 4 is 55.8 Å². The fourth-order valence-electron chi connectivity index (χ4n) is 5.92. The number of hydrogen-bond acceptors (Lipinski definition) is 3. The van der Waals surface area contributed by atoms with E-state index in [1.165, 1.54) is 32.7 Å². The summed E-state index contributed by atoms with van der Waals surface area (Å²) in [7, 11) is 0. The minimum Gasteiger partial charge on any atom is -0.440 e. The Morgan fingerprint density at radius 3 is 2.05 bits per heavy atom. The maximum Gasteiger partial charge on any atom is 0.201 e. The summed E-state index contributed by atoms with van der Waals surface area (Å²) in [6.07, 6.45) is 2.27. The van der Waals surface area contributed by atoms with Gasteiger partial charge in [-0.2, -0.15) is 0 Å². The van der Waals surface area contributed by atoms with Crippen molar-refractivity contribution in [2.24, 2.45) is 0 Å². The lowest BCUT2D eigenvalue weighted by atomic mass is 10.00. The summed E-state index contributed by atoms with van der Waals surface area (Å²) in [6.45, 7) is 0.654. The van der Waals surface area contributed by atoms with E-state index in [0.29, 0.717) is 6.54 Å². The Balaban J connectivity index is 1.31. The van der Waals surface area contributed by atoms with Gasteiger partial charge in [-0.05, 0) is 69.1 Å². The van der Waals surface area contributed by atoms with Crippen LogP contribution in [0.3, 0.4) is 0 Å². The molecule has 1 aliphatic heterocycles. The molecule has 1 N–H and O–H groups in total. The van der Waals surface area contributed by atoms with Gasteiger partial charge in [0.15, 0.2) is 0 Å². The van der Waals surface area contributed by atoms with Gasteiger partial charge >= 0.3 is 0 Å². The minimum absolute atomic E-state index is 0.654. The normalized spacial score (nSPS) is 12.8. The maximum atomic E-state index is 6.13. The Kier molecular flexibility index (Phi) is 5.20. The molecule has 2 heterocycles. The Morgan fingerprint density at radius 1 is 0.550 bits per heavy atom. The number of nitrogens with zero attached hydrogens (tertiary/aromatic N) is 1.